The number of hydrogen-bond donors (Lipinski definition) is 0. The standard InChI is InChI=1S/C6H4O.C6H6.C5H8O2/c1-2-4-6-5(3-1)7-6;1-2-4-6-5-3-1;1-3-5(6)7-4-2/h1-4H;1-6H;3H,1,4H2,2H3. The molecular formula is C17H18O3. The summed E-state index contributed by atoms with van der Waals surface area (Å²) in [5.41, 5.74) is 0. The highest BCUT2D eigenvalue weighted by Gasteiger charge is 2.15. The van der Waals surface area contributed by atoms with Gasteiger partial charge in [-0.1, -0.05) is 55.1 Å². The normalized spacial score (nSPS) is 9.25. The van der Waals surface area contributed by atoms with Gasteiger partial charge in [0.2, 0.25) is 0 Å². The highest BCUT2D eigenvalue weighted by atomic mass is 16.6. The second kappa shape index (κ2) is 9.39. The van der Waals surface area contributed by atoms with Crippen LogP contribution in [-0.4, -0.2) is 12.6 Å². The SMILES string of the molecule is C=CC(=O)OCC.c1ccc2c(c1)O2.c1ccccc1. The van der Waals surface area contributed by atoms with Gasteiger partial charge in [0, 0.05) is 6.08 Å². The zero-order chi connectivity index (χ0) is 14.6. The van der Waals surface area contributed by atoms with Gasteiger partial charge in [-0.25, -0.2) is 4.79 Å². The molecule has 0 bridgehead atoms. The summed E-state index contributed by atoms with van der Waals surface area (Å²) in [4.78, 5) is 10.1. The minimum absolute atomic E-state index is 0.359. The van der Waals surface area contributed by atoms with Crippen LogP contribution in [0.25, 0.3) is 0 Å². The summed E-state index contributed by atoms with van der Waals surface area (Å²) < 4.78 is 9.37. The van der Waals surface area contributed by atoms with Gasteiger partial charge >= 0.3 is 5.97 Å². The van der Waals surface area contributed by atoms with E-state index >= 15 is 0 Å². The summed E-state index contributed by atoms with van der Waals surface area (Å²) in [6.07, 6.45) is 1.14. The van der Waals surface area contributed by atoms with E-state index in [1.54, 1.807) is 6.92 Å². The first-order valence-corrected chi connectivity index (χ1v) is 6.34. The van der Waals surface area contributed by atoms with Crippen molar-refractivity contribution in [2.24, 2.45) is 0 Å². The lowest BCUT2D eigenvalue weighted by Gasteiger charge is -1.90. The third-order valence-electron chi connectivity index (χ3n) is 2.15. The highest BCUT2D eigenvalue weighted by Crippen LogP contribution is 2.43. The minimum Gasteiger partial charge on any atom is -0.463 e. The Morgan fingerprint density at radius 1 is 1.05 bits per heavy atom. The monoisotopic (exact) mass is 270 g/mol. The maximum Gasteiger partial charge on any atom is 0.330 e. The lowest BCUT2D eigenvalue weighted by molar-refractivity contribution is -0.137. The van der Waals surface area contributed by atoms with Crippen molar-refractivity contribution in [3.8, 4) is 11.5 Å². The summed E-state index contributed by atoms with van der Waals surface area (Å²) in [6.45, 7) is 5.38. The van der Waals surface area contributed by atoms with Crippen molar-refractivity contribution in [1.29, 1.82) is 0 Å². The molecule has 0 amide bonds. The summed E-state index contributed by atoms with van der Waals surface area (Å²) in [5, 5.41) is 0. The average molecular weight is 270 g/mol. The zero-order valence-corrected chi connectivity index (χ0v) is 11.5. The molecule has 0 unspecified atom stereocenters. The molecule has 2 aromatic rings. The first kappa shape index (κ1) is 15.5. The molecule has 0 saturated carbocycles. The van der Waals surface area contributed by atoms with Crippen LogP contribution in [0.1, 0.15) is 6.92 Å². The van der Waals surface area contributed by atoms with Crippen molar-refractivity contribution < 1.29 is 14.3 Å². The van der Waals surface area contributed by atoms with E-state index in [0.29, 0.717) is 6.61 Å². The van der Waals surface area contributed by atoms with Gasteiger partial charge in [-0.15, -0.1) is 0 Å². The molecule has 0 atom stereocenters. The molecule has 0 saturated heterocycles. The van der Waals surface area contributed by atoms with Crippen molar-refractivity contribution in [2.45, 2.75) is 6.92 Å². The van der Waals surface area contributed by atoms with Crippen LogP contribution >= 0.6 is 0 Å². The van der Waals surface area contributed by atoms with E-state index in [2.05, 4.69) is 11.3 Å². The Labute approximate surface area is 119 Å². The fourth-order valence-electron chi connectivity index (χ4n) is 1.20. The second-order valence-electron chi connectivity index (χ2n) is 3.66. The number of ether oxygens (including phenoxy) is 2. The van der Waals surface area contributed by atoms with Crippen LogP contribution in [0.2, 0.25) is 0 Å². The van der Waals surface area contributed by atoms with E-state index in [-0.39, 0.29) is 5.97 Å². The molecular weight excluding hydrogens is 252 g/mol. The van der Waals surface area contributed by atoms with Crippen LogP contribution in [0.4, 0.5) is 0 Å². The van der Waals surface area contributed by atoms with Crippen molar-refractivity contribution in [1.82, 2.24) is 0 Å². The summed E-state index contributed by atoms with van der Waals surface area (Å²) >= 11 is 0. The van der Waals surface area contributed by atoms with Crippen molar-refractivity contribution >= 4 is 5.97 Å². The molecule has 0 aliphatic carbocycles. The Hall–Kier alpha value is -2.55. The smallest absolute Gasteiger partial charge is 0.330 e. The Morgan fingerprint density at radius 2 is 1.50 bits per heavy atom. The first-order chi connectivity index (χ1) is 9.77. The fraction of sp³-hybridized carbons (Fsp3) is 0.118. The third-order valence-corrected chi connectivity index (χ3v) is 2.15. The number of rotatable bonds is 2. The van der Waals surface area contributed by atoms with E-state index < -0.39 is 0 Å². The van der Waals surface area contributed by atoms with Crippen LogP contribution in [0.5, 0.6) is 11.5 Å². The Kier molecular flexibility index (Phi) is 7.28. The molecule has 2 aromatic carbocycles. The molecule has 0 radical (unpaired) electrons. The lowest BCUT2D eigenvalue weighted by atomic mass is 10.4. The first-order valence-electron chi connectivity index (χ1n) is 6.34. The predicted molar refractivity (Wildman–Crippen MR) is 79.8 cm³/mol. The van der Waals surface area contributed by atoms with Gasteiger partial charge < -0.3 is 9.47 Å². The lowest BCUT2D eigenvalue weighted by Crippen LogP contribution is -1.97. The van der Waals surface area contributed by atoms with Gasteiger partial charge in [0.1, 0.15) is 0 Å². The van der Waals surface area contributed by atoms with Crippen molar-refractivity contribution in [3.63, 3.8) is 0 Å². The van der Waals surface area contributed by atoms with E-state index in [1.165, 1.54) is 0 Å². The molecule has 0 fully saturated rings. The van der Waals surface area contributed by atoms with Gasteiger partial charge in [-0.2, -0.15) is 0 Å². The van der Waals surface area contributed by atoms with E-state index in [9.17, 15) is 4.79 Å². The van der Waals surface area contributed by atoms with Gasteiger partial charge in [0.25, 0.3) is 0 Å². The van der Waals surface area contributed by atoms with Gasteiger partial charge in [0.05, 0.1) is 6.61 Å². The number of benzene rings is 2. The maximum absolute atomic E-state index is 10.1. The van der Waals surface area contributed by atoms with E-state index in [1.807, 2.05) is 60.7 Å². The van der Waals surface area contributed by atoms with Crippen molar-refractivity contribution in [2.75, 3.05) is 6.61 Å². The molecule has 0 spiro atoms. The molecule has 3 nitrogen and oxygen atoms in total. The summed E-state index contributed by atoms with van der Waals surface area (Å²) in [5.74, 6) is 1.70. The maximum atomic E-state index is 10.1. The molecule has 0 N–H and O–H groups in total. The molecule has 20 heavy (non-hydrogen) atoms. The minimum atomic E-state index is -0.359. The highest BCUT2D eigenvalue weighted by molar-refractivity contribution is 5.81. The third kappa shape index (κ3) is 7.01. The number of fused-ring (bicyclic) bond motifs is 1. The molecule has 1 aliphatic heterocycles. The van der Waals surface area contributed by atoms with Gasteiger partial charge in [-0.3, -0.25) is 0 Å². The van der Waals surface area contributed by atoms with Crippen LogP contribution in [0, 0.1) is 0 Å². The average Bonchev–Trinajstić information content (AvgIpc) is 3.30. The van der Waals surface area contributed by atoms with E-state index in [0.717, 1.165) is 17.6 Å². The molecule has 3 rings (SSSR count). The van der Waals surface area contributed by atoms with Gasteiger partial charge in [-0.05, 0) is 19.1 Å². The van der Waals surface area contributed by atoms with Crippen LogP contribution < -0.4 is 4.74 Å². The largest absolute Gasteiger partial charge is 0.463 e. The Bertz CT molecular complexity index is 473. The summed E-state index contributed by atoms with van der Waals surface area (Å²) in [7, 11) is 0. The van der Waals surface area contributed by atoms with Crippen LogP contribution in [-0.2, 0) is 9.53 Å². The quantitative estimate of drug-likeness (QED) is 0.397. The topological polar surface area (TPSA) is 38.8 Å². The predicted octanol–water partition coefficient (Wildman–Crippen LogP) is 4.21. The Balaban J connectivity index is 0.000000151. The van der Waals surface area contributed by atoms with Crippen LogP contribution in [0.15, 0.2) is 73.3 Å². The van der Waals surface area contributed by atoms with Crippen LogP contribution in [0.3, 0.4) is 0 Å². The van der Waals surface area contributed by atoms with Crippen molar-refractivity contribution in [3.05, 3.63) is 73.3 Å². The number of hydrogen-bond acceptors (Lipinski definition) is 3. The molecule has 3 heteroatoms. The molecule has 1 aliphatic rings. The van der Waals surface area contributed by atoms with Gasteiger partial charge in [0.15, 0.2) is 11.5 Å². The number of para-hydroxylation sites is 2. The zero-order valence-electron chi connectivity index (χ0n) is 11.5. The molecule has 104 valence electrons. The number of esters is 1. The molecule has 1 heterocycles. The number of carbonyl (C=O) groups excluding carboxylic acids is 1. The Morgan fingerprint density at radius 3 is 1.75 bits per heavy atom. The fourth-order valence-corrected chi connectivity index (χ4v) is 1.20. The summed E-state index contributed by atoms with van der Waals surface area (Å²) in [6, 6.07) is 19.8. The second-order valence-corrected chi connectivity index (χ2v) is 3.66. The van der Waals surface area contributed by atoms with E-state index in [4.69, 9.17) is 4.74 Å². The number of carbonyl (C=O) groups is 1. The molecule has 0 aromatic heterocycles.